The Kier molecular flexibility index (Phi) is 3.89. The van der Waals surface area contributed by atoms with Gasteiger partial charge in [0.25, 0.3) is 0 Å². The quantitative estimate of drug-likeness (QED) is 0.787. The number of imidazole rings is 1. The Labute approximate surface area is 132 Å². The Morgan fingerprint density at radius 1 is 1.14 bits per heavy atom. The van der Waals surface area contributed by atoms with E-state index in [-0.39, 0.29) is 0 Å². The molecule has 0 saturated carbocycles. The van der Waals surface area contributed by atoms with E-state index in [4.69, 9.17) is 23.2 Å². The Balaban J connectivity index is 1.92. The maximum atomic E-state index is 10.4. The molecule has 1 aromatic heterocycles. The topological polar surface area (TPSA) is 38.0 Å². The van der Waals surface area contributed by atoms with Crippen LogP contribution in [0.15, 0.2) is 42.5 Å². The van der Waals surface area contributed by atoms with Crippen molar-refractivity contribution in [3.63, 3.8) is 0 Å². The first-order valence-electron chi connectivity index (χ1n) is 6.59. The average molecular weight is 321 g/mol. The Morgan fingerprint density at radius 3 is 2.48 bits per heavy atom. The monoisotopic (exact) mass is 320 g/mol. The Bertz CT molecular complexity index is 778. The molecule has 0 aliphatic heterocycles. The van der Waals surface area contributed by atoms with Crippen molar-refractivity contribution in [2.45, 2.75) is 12.5 Å². The molecule has 1 unspecified atom stereocenters. The lowest BCUT2D eigenvalue weighted by Gasteiger charge is -2.12. The number of nitrogens with zero attached hydrogens (tertiary/aromatic N) is 2. The molecule has 0 saturated heterocycles. The van der Waals surface area contributed by atoms with Gasteiger partial charge in [-0.15, -0.1) is 0 Å². The number of fused-ring (bicyclic) bond motifs is 1. The van der Waals surface area contributed by atoms with Crippen LogP contribution in [0.3, 0.4) is 0 Å². The van der Waals surface area contributed by atoms with Crippen LogP contribution in [-0.4, -0.2) is 14.7 Å². The average Bonchev–Trinajstić information content (AvgIpc) is 2.75. The third-order valence-corrected chi connectivity index (χ3v) is 3.96. The van der Waals surface area contributed by atoms with Gasteiger partial charge in [-0.2, -0.15) is 0 Å². The van der Waals surface area contributed by atoms with Crippen LogP contribution in [0.1, 0.15) is 17.5 Å². The van der Waals surface area contributed by atoms with Crippen molar-refractivity contribution in [2.75, 3.05) is 0 Å². The molecule has 0 aliphatic carbocycles. The van der Waals surface area contributed by atoms with E-state index >= 15 is 0 Å². The minimum absolute atomic E-state index is 0.405. The molecule has 21 heavy (non-hydrogen) atoms. The number of hydrogen-bond donors (Lipinski definition) is 1. The summed E-state index contributed by atoms with van der Waals surface area (Å²) in [6, 6.07) is 13.0. The number of aryl methyl sites for hydroxylation is 1. The maximum Gasteiger partial charge on any atom is 0.112 e. The van der Waals surface area contributed by atoms with Gasteiger partial charge in [0.1, 0.15) is 5.82 Å². The molecule has 5 heteroatoms. The third-order valence-electron chi connectivity index (χ3n) is 3.53. The van der Waals surface area contributed by atoms with Crippen molar-refractivity contribution in [2.24, 2.45) is 7.05 Å². The molecule has 0 amide bonds. The van der Waals surface area contributed by atoms with Gasteiger partial charge in [0.15, 0.2) is 0 Å². The standard InChI is InChI=1S/C16H14Cl2N2O/c1-20-14-5-3-2-4-13(14)19-16(20)9-15(21)10-6-11(17)8-12(18)7-10/h2-8,15,21H,9H2,1H3. The van der Waals surface area contributed by atoms with Gasteiger partial charge in [-0.1, -0.05) is 35.3 Å². The van der Waals surface area contributed by atoms with Gasteiger partial charge in [0.2, 0.25) is 0 Å². The predicted octanol–water partition coefficient (Wildman–Crippen LogP) is 4.16. The van der Waals surface area contributed by atoms with Gasteiger partial charge in [-0.25, -0.2) is 4.98 Å². The summed E-state index contributed by atoms with van der Waals surface area (Å²) in [6.45, 7) is 0. The van der Waals surface area contributed by atoms with Crippen molar-refractivity contribution >= 4 is 34.2 Å². The predicted molar refractivity (Wildman–Crippen MR) is 85.8 cm³/mol. The highest BCUT2D eigenvalue weighted by Gasteiger charge is 2.15. The van der Waals surface area contributed by atoms with Crippen LogP contribution in [0, 0.1) is 0 Å². The van der Waals surface area contributed by atoms with Crippen LogP contribution >= 0.6 is 23.2 Å². The number of aliphatic hydroxyl groups is 1. The Morgan fingerprint density at radius 2 is 1.81 bits per heavy atom. The molecule has 3 rings (SSSR count). The van der Waals surface area contributed by atoms with E-state index in [1.54, 1.807) is 18.2 Å². The molecule has 108 valence electrons. The third kappa shape index (κ3) is 2.91. The second-order valence-corrected chi connectivity index (χ2v) is 5.87. The van der Waals surface area contributed by atoms with Crippen molar-refractivity contribution in [3.05, 3.63) is 63.9 Å². The molecule has 1 heterocycles. The molecule has 1 atom stereocenters. The van der Waals surface area contributed by atoms with Gasteiger partial charge in [0.05, 0.1) is 17.1 Å². The van der Waals surface area contributed by atoms with Crippen LogP contribution in [0.5, 0.6) is 0 Å². The van der Waals surface area contributed by atoms with Crippen LogP contribution in [0.25, 0.3) is 11.0 Å². The highest BCUT2D eigenvalue weighted by molar-refractivity contribution is 6.34. The van der Waals surface area contributed by atoms with Crippen molar-refractivity contribution < 1.29 is 5.11 Å². The van der Waals surface area contributed by atoms with E-state index in [0.29, 0.717) is 22.0 Å². The lowest BCUT2D eigenvalue weighted by Crippen LogP contribution is -2.07. The zero-order chi connectivity index (χ0) is 15.0. The van der Waals surface area contributed by atoms with Crippen LogP contribution in [0.4, 0.5) is 0 Å². The first-order chi connectivity index (χ1) is 10.0. The minimum Gasteiger partial charge on any atom is -0.388 e. The van der Waals surface area contributed by atoms with Gasteiger partial charge >= 0.3 is 0 Å². The van der Waals surface area contributed by atoms with E-state index in [2.05, 4.69) is 4.98 Å². The van der Waals surface area contributed by atoms with Crippen LogP contribution in [0.2, 0.25) is 10.0 Å². The van der Waals surface area contributed by atoms with Gasteiger partial charge in [-0.3, -0.25) is 0 Å². The summed E-state index contributed by atoms with van der Waals surface area (Å²) in [6.07, 6.45) is -0.293. The molecule has 1 N–H and O–H groups in total. The summed E-state index contributed by atoms with van der Waals surface area (Å²) in [5.41, 5.74) is 2.66. The van der Waals surface area contributed by atoms with E-state index in [9.17, 15) is 5.11 Å². The number of halogens is 2. The summed E-state index contributed by atoms with van der Waals surface area (Å²) >= 11 is 12.0. The highest BCUT2D eigenvalue weighted by atomic mass is 35.5. The van der Waals surface area contributed by atoms with E-state index < -0.39 is 6.10 Å². The largest absolute Gasteiger partial charge is 0.388 e. The van der Waals surface area contributed by atoms with Crippen molar-refractivity contribution in [1.29, 1.82) is 0 Å². The summed E-state index contributed by atoms with van der Waals surface area (Å²) < 4.78 is 1.99. The Hall–Kier alpha value is -1.55. The SMILES string of the molecule is Cn1c(CC(O)c2cc(Cl)cc(Cl)c2)nc2ccccc21. The molecular weight excluding hydrogens is 307 g/mol. The number of aromatic nitrogens is 2. The zero-order valence-electron chi connectivity index (χ0n) is 11.4. The minimum atomic E-state index is -0.697. The molecular formula is C16H14Cl2N2O. The van der Waals surface area contributed by atoms with Crippen molar-refractivity contribution in [3.8, 4) is 0 Å². The van der Waals surface area contributed by atoms with Gasteiger partial charge in [-0.05, 0) is 35.9 Å². The summed E-state index contributed by atoms with van der Waals surface area (Å²) in [5.74, 6) is 0.819. The number of hydrogen-bond acceptors (Lipinski definition) is 2. The molecule has 2 aromatic carbocycles. The fourth-order valence-electron chi connectivity index (χ4n) is 2.44. The first kappa shape index (κ1) is 14.4. The maximum absolute atomic E-state index is 10.4. The molecule has 0 fully saturated rings. The number of rotatable bonds is 3. The molecule has 3 aromatic rings. The summed E-state index contributed by atoms with van der Waals surface area (Å²) in [5, 5.41) is 11.4. The van der Waals surface area contributed by atoms with E-state index in [1.807, 2.05) is 35.9 Å². The molecule has 3 nitrogen and oxygen atoms in total. The molecule has 0 aliphatic rings. The number of benzene rings is 2. The summed E-state index contributed by atoms with van der Waals surface area (Å²) in [4.78, 5) is 4.56. The molecule has 0 radical (unpaired) electrons. The van der Waals surface area contributed by atoms with Gasteiger partial charge < -0.3 is 9.67 Å². The highest BCUT2D eigenvalue weighted by Crippen LogP contribution is 2.26. The van der Waals surface area contributed by atoms with Crippen LogP contribution < -0.4 is 0 Å². The lowest BCUT2D eigenvalue weighted by molar-refractivity contribution is 0.175. The second-order valence-electron chi connectivity index (χ2n) is 5.00. The van der Waals surface area contributed by atoms with E-state index in [0.717, 1.165) is 16.9 Å². The molecule has 0 spiro atoms. The summed E-state index contributed by atoms with van der Waals surface area (Å²) in [7, 11) is 1.95. The van der Waals surface area contributed by atoms with Gasteiger partial charge in [0, 0.05) is 23.5 Å². The zero-order valence-corrected chi connectivity index (χ0v) is 12.9. The fraction of sp³-hybridized carbons (Fsp3) is 0.188. The lowest BCUT2D eigenvalue weighted by atomic mass is 10.1. The number of para-hydroxylation sites is 2. The normalized spacial score (nSPS) is 12.8. The smallest absolute Gasteiger partial charge is 0.112 e. The number of aliphatic hydroxyl groups excluding tert-OH is 1. The molecule has 0 bridgehead atoms. The van der Waals surface area contributed by atoms with Crippen LogP contribution in [-0.2, 0) is 13.5 Å². The van der Waals surface area contributed by atoms with Crippen molar-refractivity contribution in [1.82, 2.24) is 9.55 Å². The van der Waals surface area contributed by atoms with E-state index in [1.165, 1.54) is 0 Å². The second kappa shape index (κ2) is 5.68. The fourth-order valence-corrected chi connectivity index (χ4v) is 2.98. The first-order valence-corrected chi connectivity index (χ1v) is 7.34.